The van der Waals surface area contributed by atoms with Crippen molar-refractivity contribution in [2.24, 2.45) is 0 Å². The van der Waals surface area contributed by atoms with E-state index in [1.807, 2.05) is 12.1 Å². The number of anilines is 2. The number of fused-ring (bicyclic) bond motifs is 6. The van der Waals surface area contributed by atoms with Crippen molar-refractivity contribution < 1.29 is 0 Å². The molecule has 0 bridgehead atoms. The summed E-state index contributed by atoms with van der Waals surface area (Å²) in [4.78, 5) is 6.94. The van der Waals surface area contributed by atoms with Crippen LogP contribution in [0.5, 0.6) is 0 Å². The third kappa shape index (κ3) is 3.48. The maximum Gasteiger partial charge on any atom is 0.101 e. The van der Waals surface area contributed by atoms with Gasteiger partial charge in [-0.15, -0.1) is 0 Å². The maximum atomic E-state index is 9.83. The molecule has 0 saturated carbocycles. The van der Waals surface area contributed by atoms with E-state index in [9.17, 15) is 5.26 Å². The van der Waals surface area contributed by atoms with Gasteiger partial charge >= 0.3 is 0 Å². The normalized spacial score (nSPS) is 11.9. The van der Waals surface area contributed by atoms with Crippen LogP contribution in [-0.2, 0) is 6.42 Å². The fraction of sp³-hybridized carbons (Fsp3) is 0.0625. The number of hydrogen-bond acceptors (Lipinski definition) is 3. The summed E-state index contributed by atoms with van der Waals surface area (Å²) < 4.78 is 0. The number of nitriles is 1. The van der Waals surface area contributed by atoms with Gasteiger partial charge in [0.1, 0.15) is 6.07 Å². The van der Waals surface area contributed by atoms with Crippen LogP contribution in [0.15, 0.2) is 109 Å². The van der Waals surface area contributed by atoms with Gasteiger partial charge in [-0.25, -0.2) is 0 Å². The third-order valence-electron chi connectivity index (χ3n) is 6.86. The summed E-state index contributed by atoms with van der Waals surface area (Å²) in [6.07, 6.45) is 2.50. The van der Waals surface area contributed by atoms with Crippen molar-refractivity contribution in [3.63, 3.8) is 0 Å². The molecule has 6 rings (SSSR count). The molecule has 1 aliphatic rings. The Morgan fingerprint density at radius 2 is 1.26 bits per heavy atom. The van der Waals surface area contributed by atoms with Crippen LogP contribution in [0.4, 0.5) is 11.4 Å². The van der Waals surface area contributed by atoms with Gasteiger partial charge in [-0.1, -0.05) is 78.9 Å². The Kier molecular flexibility index (Phi) is 5.13. The fourth-order valence-electron chi connectivity index (χ4n) is 5.21. The molecule has 166 valence electrons. The van der Waals surface area contributed by atoms with E-state index in [4.69, 9.17) is 0 Å². The van der Waals surface area contributed by atoms with Crippen molar-refractivity contribution in [2.75, 3.05) is 11.9 Å². The second kappa shape index (κ2) is 8.59. The highest BCUT2D eigenvalue weighted by molar-refractivity contribution is 5.92. The average Bonchev–Trinajstić information content (AvgIpc) is 2.93. The molecule has 1 aliphatic heterocycles. The predicted octanol–water partition coefficient (Wildman–Crippen LogP) is 7.63. The van der Waals surface area contributed by atoms with E-state index in [1.54, 1.807) is 6.20 Å². The van der Waals surface area contributed by atoms with Gasteiger partial charge < -0.3 is 4.90 Å². The second-order valence-corrected chi connectivity index (χ2v) is 8.77. The second-order valence-electron chi connectivity index (χ2n) is 8.77. The van der Waals surface area contributed by atoms with Gasteiger partial charge in [0.25, 0.3) is 0 Å². The minimum absolute atomic E-state index is 0.585. The molecular weight excluding hydrogens is 426 g/mol. The average molecular weight is 450 g/mol. The SMILES string of the molecule is CN1c2ccccc2-c2ccccc2Cc2c(cccc2-c2ncccc2C#N)-c2ccccc21. The number of aromatic nitrogens is 1. The van der Waals surface area contributed by atoms with Crippen molar-refractivity contribution in [3.05, 3.63) is 126 Å². The van der Waals surface area contributed by atoms with Crippen LogP contribution < -0.4 is 4.90 Å². The van der Waals surface area contributed by atoms with Gasteiger partial charge in [-0.05, 0) is 52.9 Å². The first kappa shape index (κ1) is 20.9. The monoisotopic (exact) mass is 449 g/mol. The molecule has 4 aromatic carbocycles. The molecule has 5 aromatic rings. The van der Waals surface area contributed by atoms with E-state index in [2.05, 4.69) is 114 Å². The Labute approximate surface area is 205 Å². The van der Waals surface area contributed by atoms with Crippen LogP contribution in [0, 0.1) is 11.3 Å². The molecule has 0 spiro atoms. The first-order valence-corrected chi connectivity index (χ1v) is 11.7. The Hall–Kier alpha value is -4.68. The Bertz CT molecular complexity index is 1610. The molecule has 1 aromatic heterocycles. The number of benzene rings is 4. The van der Waals surface area contributed by atoms with Crippen LogP contribution in [-0.4, -0.2) is 12.0 Å². The minimum atomic E-state index is 0.585. The van der Waals surface area contributed by atoms with Gasteiger partial charge in [0.05, 0.1) is 11.3 Å². The molecule has 2 heterocycles. The van der Waals surface area contributed by atoms with Crippen LogP contribution in [0.2, 0.25) is 0 Å². The lowest BCUT2D eigenvalue weighted by Crippen LogP contribution is -2.13. The highest BCUT2D eigenvalue weighted by Gasteiger charge is 2.23. The van der Waals surface area contributed by atoms with Crippen LogP contribution in [0.3, 0.4) is 0 Å². The molecule has 3 nitrogen and oxygen atoms in total. The third-order valence-corrected chi connectivity index (χ3v) is 6.86. The molecule has 35 heavy (non-hydrogen) atoms. The Morgan fingerprint density at radius 3 is 2.00 bits per heavy atom. The van der Waals surface area contributed by atoms with Gasteiger partial charge in [-0.3, -0.25) is 4.98 Å². The first-order chi connectivity index (χ1) is 17.3. The molecule has 0 saturated heterocycles. The summed E-state index contributed by atoms with van der Waals surface area (Å²) in [5.41, 5.74) is 11.8. The number of para-hydroxylation sites is 2. The van der Waals surface area contributed by atoms with E-state index in [-0.39, 0.29) is 0 Å². The molecular formula is C32H23N3. The molecule has 0 fully saturated rings. The zero-order chi connectivity index (χ0) is 23.8. The minimum Gasteiger partial charge on any atom is -0.344 e. The van der Waals surface area contributed by atoms with Crippen molar-refractivity contribution in [2.45, 2.75) is 6.42 Å². The number of pyridine rings is 1. The fourth-order valence-corrected chi connectivity index (χ4v) is 5.21. The summed E-state index contributed by atoms with van der Waals surface area (Å²) in [7, 11) is 2.14. The van der Waals surface area contributed by atoms with Gasteiger partial charge in [0, 0.05) is 41.3 Å². The lowest BCUT2D eigenvalue weighted by molar-refractivity contribution is 1.16. The van der Waals surface area contributed by atoms with E-state index < -0.39 is 0 Å². The molecule has 3 heteroatoms. The topological polar surface area (TPSA) is 39.9 Å². The standard InChI is InChI=1S/C32H23N3/c1-35-30-17-6-4-13-26(30)24-12-3-2-10-22(24)20-29-25(27-14-5-7-18-31(27)35)15-8-16-28(29)32-23(21-33)11-9-19-34-32/h2-19H,20H2,1H3. The van der Waals surface area contributed by atoms with Crippen molar-refractivity contribution in [1.29, 1.82) is 5.26 Å². The van der Waals surface area contributed by atoms with Crippen molar-refractivity contribution in [3.8, 4) is 39.6 Å². The van der Waals surface area contributed by atoms with Gasteiger partial charge in [0.2, 0.25) is 0 Å². The first-order valence-electron chi connectivity index (χ1n) is 11.7. The molecule has 0 radical (unpaired) electrons. The van der Waals surface area contributed by atoms with Gasteiger partial charge in [0.15, 0.2) is 0 Å². The van der Waals surface area contributed by atoms with E-state index >= 15 is 0 Å². The number of hydrogen-bond donors (Lipinski definition) is 0. The predicted molar refractivity (Wildman–Crippen MR) is 143 cm³/mol. The summed E-state index contributed by atoms with van der Waals surface area (Å²) in [6, 6.07) is 38.1. The van der Waals surface area contributed by atoms with Crippen molar-refractivity contribution in [1.82, 2.24) is 4.98 Å². The molecule has 0 unspecified atom stereocenters. The summed E-state index contributed by atoms with van der Waals surface area (Å²) in [5.74, 6) is 0. The highest BCUT2D eigenvalue weighted by atomic mass is 15.1. The Morgan fingerprint density at radius 1 is 0.657 bits per heavy atom. The lowest BCUT2D eigenvalue weighted by Gasteiger charge is -2.29. The number of rotatable bonds is 1. The van der Waals surface area contributed by atoms with E-state index in [0.717, 1.165) is 34.5 Å². The summed E-state index contributed by atoms with van der Waals surface area (Å²) in [5, 5.41) is 9.83. The maximum absolute atomic E-state index is 9.83. The smallest absolute Gasteiger partial charge is 0.101 e. The van der Waals surface area contributed by atoms with Crippen molar-refractivity contribution >= 4 is 11.4 Å². The lowest BCUT2D eigenvalue weighted by atomic mass is 9.85. The Balaban J connectivity index is 1.72. The molecule has 0 atom stereocenters. The zero-order valence-corrected chi connectivity index (χ0v) is 19.4. The van der Waals surface area contributed by atoms with Crippen LogP contribution in [0.1, 0.15) is 16.7 Å². The molecule has 0 amide bonds. The van der Waals surface area contributed by atoms with Crippen LogP contribution in [0.25, 0.3) is 33.5 Å². The molecule has 0 aliphatic carbocycles. The summed E-state index contributed by atoms with van der Waals surface area (Å²) >= 11 is 0. The summed E-state index contributed by atoms with van der Waals surface area (Å²) in [6.45, 7) is 0. The molecule has 0 N–H and O–H groups in total. The van der Waals surface area contributed by atoms with Gasteiger partial charge in [-0.2, -0.15) is 5.26 Å². The van der Waals surface area contributed by atoms with Crippen LogP contribution >= 0.6 is 0 Å². The quantitative estimate of drug-likeness (QED) is 0.264. The van der Waals surface area contributed by atoms with E-state index in [0.29, 0.717) is 5.56 Å². The zero-order valence-electron chi connectivity index (χ0n) is 19.4. The number of nitrogens with zero attached hydrogens (tertiary/aromatic N) is 3. The largest absolute Gasteiger partial charge is 0.344 e. The highest BCUT2D eigenvalue weighted by Crippen LogP contribution is 2.44. The van der Waals surface area contributed by atoms with E-state index in [1.165, 1.54) is 27.9 Å².